The molecule has 21 heavy (non-hydrogen) atoms. The number of benzene rings is 2. The van der Waals surface area contributed by atoms with Crippen LogP contribution in [0.4, 0.5) is 5.69 Å². The van der Waals surface area contributed by atoms with E-state index in [-0.39, 0.29) is 6.10 Å². The van der Waals surface area contributed by atoms with E-state index in [4.69, 9.17) is 4.74 Å². The minimum Gasteiger partial charge on any atom is -0.385 e. The summed E-state index contributed by atoms with van der Waals surface area (Å²) in [5, 5.41) is 6.83. The maximum atomic E-state index is 5.76. The summed E-state index contributed by atoms with van der Waals surface area (Å²) in [5.41, 5.74) is 3.78. The van der Waals surface area contributed by atoms with Gasteiger partial charge < -0.3 is 15.4 Å². The molecule has 0 spiro atoms. The Balaban J connectivity index is 1.50. The molecular formula is C18H22N2O. The van der Waals surface area contributed by atoms with Crippen molar-refractivity contribution >= 4 is 5.69 Å². The van der Waals surface area contributed by atoms with E-state index in [1.807, 2.05) is 0 Å². The van der Waals surface area contributed by atoms with Gasteiger partial charge in [0.2, 0.25) is 0 Å². The molecule has 0 saturated carbocycles. The molecule has 3 nitrogen and oxygen atoms in total. The number of ether oxygens (including phenoxy) is 1. The predicted octanol–water partition coefficient (Wildman–Crippen LogP) is 3.00. The third-order valence-corrected chi connectivity index (χ3v) is 3.80. The molecule has 2 N–H and O–H groups in total. The molecule has 1 fully saturated rings. The zero-order valence-corrected chi connectivity index (χ0v) is 12.2. The lowest BCUT2D eigenvalue weighted by atomic mass is 10.1. The van der Waals surface area contributed by atoms with Gasteiger partial charge in [-0.3, -0.25) is 0 Å². The SMILES string of the molecule is c1ccc(CCNc2ccc(C3CNCCO3)cc2)cc1. The fraction of sp³-hybridized carbons (Fsp3) is 0.333. The summed E-state index contributed by atoms with van der Waals surface area (Å²) in [6.45, 7) is 3.60. The van der Waals surface area contributed by atoms with Crippen molar-refractivity contribution < 1.29 is 4.74 Å². The van der Waals surface area contributed by atoms with Gasteiger partial charge in [-0.15, -0.1) is 0 Å². The average Bonchev–Trinajstić information content (AvgIpc) is 2.57. The van der Waals surface area contributed by atoms with Crippen LogP contribution in [0.25, 0.3) is 0 Å². The van der Waals surface area contributed by atoms with Crippen molar-refractivity contribution in [3.05, 3.63) is 65.7 Å². The highest BCUT2D eigenvalue weighted by atomic mass is 16.5. The number of rotatable bonds is 5. The standard InChI is InChI=1S/C18H22N2O/c1-2-4-15(5-3-1)10-11-20-17-8-6-16(7-9-17)18-14-19-12-13-21-18/h1-9,18-20H,10-14H2. The Morgan fingerprint density at radius 2 is 1.86 bits per heavy atom. The second-order valence-electron chi connectivity index (χ2n) is 5.35. The topological polar surface area (TPSA) is 33.3 Å². The predicted molar refractivity (Wildman–Crippen MR) is 86.6 cm³/mol. The lowest BCUT2D eigenvalue weighted by molar-refractivity contribution is 0.0277. The maximum Gasteiger partial charge on any atom is 0.0949 e. The smallest absolute Gasteiger partial charge is 0.0949 e. The third-order valence-electron chi connectivity index (χ3n) is 3.80. The van der Waals surface area contributed by atoms with Crippen LogP contribution in [-0.4, -0.2) is 26.2 Å². The second kappa shape index (κ2) is 7.25. The van der Waals surface area contributed by atoms with E-state index in [0.29, 0.717) is 0 Å². The summed E-state index contributed by atoms with van der Waals surface area (Å²) in [7, 11) is 0. The van der Waals surface area contributed by atoms with Gasteiger partial charge in [-0.1, -0.05) is 42.5 Å². The molecule has 2 aromatic carbocycles. The van der Waals surface area contributed by atoms with Crippen molar-refractivity contribution in [3.8, 4) is 0 Å². The van der Waals surface area contributed by atoms with Crippen LogP contribution in [0.5, 0.6) is 0 Å². The number of nitrogens with one attached hydrogen (secondary N) is 2. The van der Waals surface area contributed by atoms with Gasteiger partial charge in [0, 0.05) is 25.3 Å². The molecule has 1 aliphatic heterocycles. The lowest BCUT2D eigenvalue weighted by Crippen LogP contribution is -2.33. The molecule has 0 bridgehead atoms. The van der Waals surface area contributed by atoms with Crippen LogP contribution >= 0.6 is 0 Å². The Kier molecular flexibility index (Phi) is 4.87. The summed E-state index contributed by atoms with van der Waals surface area (Å²) in [4.78, 5) is 0. The van der Waals surface area contributed by atoms with Crippen molar-refractivity contribution in [1.29, 1.82) is 0 Å². The molecular weight excluding hydrogens is 260 g/mol. The van der Waals surface area contributed by atoms with Crippen LogP contribution in [0.2, 0.25) is 0 Å². The van der Waals surface area contributed by atoms with E-state index in [2.05, 4.69) is 65.2 Å². The minimum absolute atomic E-state index is 0.192. The van der Waals surface area contributed by atoms with E-state index in [0.717, 1.165) is 32.7 Å². The molecule has 0 aliphatic carbocycles. The largest absolute Gasteiger partial charge is 0.385 e. The third kappa shape index (κ3) is 4.06. The maximum absolute atomic E-state index is 5.76. The summed E-state index contributed by atoms with van der Waals surface area (Å²) in [6, 6.07) is 19.1. The van der Waals surface area contributed by atoms with E-state index in [1.54, 1.807) is 0 Å². The van der Waals surface area contributed by atoms with Gasteiger partial charge in [0.25, 0.3) is 0 Å². The average molecular weight is 282 g/mol. The van der Waals surface area contributed by atoms with Crippen molar-refractivity contribution in [2.75, 3.05) is 31.6 Å². The first kappa shape index (κ1) is 14.1. The van der Waals surface area contributed by atoms with Crippen LogP contribution in [-0.2, 0) is 11.2 Å². The Bertz CT molecular complexity index is 533. The molecule has 0 radical (unpaired) electrons. The van der Waals surface area contributed by atoms with Gasteiger partial charge >= 0.3 is 0 Å². The Hall–Kier alpha value is -1.84. The molecule has 1 aliphatic rings. The minimum atomic E-state index is 0.192. The molecule has 2 aromatic rings. The van der Waals surface area contributed by atoms with Gasteiger partial charge in [-0.2, -0.15) is 0 Å². The van der Waals surface area contributed by atoms with E-state index in [9.17, 15) is 0 Å². The van der Waals surface area contributed by atoms with Crippen molar-refractivity contribution in [3.63, 3.8) is 0 Å². The van der Waals surface area contributed by atoms with Crippen molar-refractivity contribution in [2.45, 2.75) is 12.5 Å². The molecule has 110 valence electrons. The number of anilines is 1. The first-order chi connectivity index (χ1) is 10.4. The first-order valence-corrected chi connectivity index (χ1v) is 7.62. The highest BCUT2D eigenvalue weighted by molar-refractivity contribution is 5.45. The van der Waals surface area contributed by atoms with Crippen LogP contribution in [0.15, 0.2) is 54.6 Å². The van der Waals surface area contributed by atoms with Gasteiger partial charge in [-0.05, 0) is 29.7 Å². The second-order valence-corrected chi connectivity index (χ2v) is 5.35. The number of morpholine rings is 1. The summed E-state index contributed by atoms with van der Waals surface area (Å²) in [6.07, 6.45) is 1.23. The lowest BCUT2D eigenvalue weighted by Gasteiger charge is -2.24. The van der Waals surface area contributed by atoms with Crippen LogP contribution in [0.1, 0.15) is 17.2 Å². The fourth-order valence-corrected chi connectivity index (χ4v) is 2.59. The summed E-state index contributed by atoms with van der Waals surface area (Å²) >= 11 is 0. The molecule has 0 aromatic heterocycles. The van der Waals surface area contributed by atoms with Gasteiger partial charge in [-0.25, -0.2) is 0 Å². The normalized spacial score (nSPS) is 18.4. The molecule has 1 atom stereocenters. The highest BCUT2D eigenvalue weighted by Crippen LogP contribution is 2.20. The molecule has 3 heteroatoms. The zero-order valence-electron chi connectivity index (χ0n) is 12.2. The monoisotopic (exact) mass is 282 g/mol. The first-order valence-electron chi connectivity index (χ1n) is 7.62. The number of hydrogen-bond donors (Lipinski definition) is 2. The van der Waals surface area contributed by atoms with Gasteiger partial charge in [0.05, 0.1) is 12.7 Å². The van der Waals surface area contributed by atoms with Crippen LogP contribution in [0, 0.1) is 0 Å². The summed E-state index contributed by atoms with van der Waals surface area (Å²) < 4.78 is 5.76. The Morgan fingerprint density at radius 1 is 1.05 bits per heavy atom. The fourth-order valence-electron chi connectivity index (χ4n) is 2.59. The molecule has 1 unspecified atom stereocenters. The van der Waals surface area contributed by atoms with Crippen molar-refractivity contribution in [1.82, 2.24) is 5.32 Å². The molecule has 1 saturated heterocycles. The molecule has 0 amide bonds. The highest BCUT2D eigenvalue weighted by Gasteiger charge is 2.14. The molecule has 3 rings (SSSR count). The van der Waals surface area contributed by atoms with Crippen LogP contribution in [0.3, 0.4) is 0 Å². The Morgan fingerprint density at radius 3 is 2.57 bits per heavy atom. The van der Waals surface area contributed by atoms with Gasteiger partial charge in [0.1, 0.15) is 0 Å². The van der Waals surface area contributed by atoms with Gasteiger partial charge in [0.15, 0.2) is 0 Å². The van der Waals surface area contributed by atoms with Crippen molar-refractivity contribution in [2.24, 2.45) is 0 Å². The van der Waals surface area contributed by atoms with E-state index in [1.165, 1.54) is 16.8 Å². The Labute approximate surface area is 126 Å². The summed E-state index contributed by atoms with van der Waals surface area (Å²) in [5.74, 6) is 0. The molecule has 1 heterocycles. The van der Waals surface area contributed by atoms with E-state index >= 15 is 0 Å². The van der Waals surface area contributed by atoms with E-state index < -0.39 is 0 Å². The zero-order chi connectivity index (χ0) is 14.3. The van der Waals surface area contributed by atoms with Crippen LogP contribution < -0.4 is 10.6 Å². The number of hydrogen-bond acceptors (Lipinski definition) is 3. The quantitative estimate of drug-likeness (QED) is 0.884.